The smallest absolute Gasteiger partial charge is 0.322 e. The number of nitrogens with zero attached hydrogens (tertiary/aromatic N) is 2. The van der Waals surface area contributed by atoms with E-state index in [0.717, 1.165) is 28.0 Å². The number of amides is 4. The lowest BCUT2D eigenvalue weighted by molar-refractivity contribution is -0.108. The number of benzene rings is 2. The molecular weight excluding hydrogens is 410 g/mol. The lowest BCUT2D eigenvalue weighted by atomic mass is 10.1. The summed E-state index contributed by atoms with van der Waals surface area (Å²) >= 11 is 0. The van der Waals surface area contributed by atoms with Gasteiger partial charge in [-0.25, -0.2) is 9.78 Å². The second kappa shape index (κ2) is 8.81. The van der Waals surface area contributed by atoms with Gasteiger partial charge in [0.2, 0.25) is 6.41 Å². The summed E-state index contributed by atoms with van der Waals surface area (Å²) in [5, 5.41) is 4.67. The Morgan fingerprint density at radius 1 is 1.34 bits per heavy atom. The molecule has 162 valence electrons. The number of carbonyl (C=O) groups is 3. The van der Waals surface area contributed by atoms with E-state index in [1.165, 1.54) is 0 Å². The number of hydrogen-bond donors (Lipinski definition) is 3. The molecule has 0 unspecified atom stereocenters. The minimum Gasteiger partial charge on any atom is -0.497 e. The molecule has 0 fully saturated rings. The van der Waals surface area contributed by atoms with Crippen LogP contribution in [0.4, 0.5) is 4.79 Å². The molecule has 1 aliphatic heterocycles. The van der Waals surface area contributed by atoms with Crippen molar-refractivity contribution in [3.63, 3.8) is 0 Å². The van der Waals surface area contributed by atoms with Crippen molar-refractivity contribution in [3.8, 4) is 17.6 Å². The minimum atomic E-state index is -0.700. The Morgan fingerprint density at radius 2 is 2.19 bits per heavy atom. The quantitative estimate of drug-likeness (QED) is 0.420. The summed E-state index contributed by atoms with van der Waals surface area (Å²) in [6.07, 6.45) is 0.289. The maximum absolute atomic E-state index is 12.9. The number of fused-ring (bicyclic) bond motifs is 2. The van der Waals surface area contributed by atoms with Gasteiger partial charge in [0.1, 0.15) is 17.6 Å². The molecule has 1 aliphatic rings. The standard InChI is InChI=1S/C23H21N5O4/c1-14-25-20-8-4-15(9-21(20)26-14)3-6-17(27-23(31)24-13-29)12-28-11-16-5-7-18(32-2)10-19(16)22(28)30/h4-5,7-10,13,17H,11-12H2,1-2H3,(H,25,26)(H2,24,27,29,31)/t17-/m1/s1. The lowest BCUT2D eigenvalue weighted by Crippen LogP contribution is -2.46. The molecule has 0 saturated carbocycles. The Morgan fingerprint density at radius 3 is 2.97 bits per heavy atom. The van der Waals surface area contributed by atoms with Gasteiger partial charge in [-0.3, -0.25) is 14.9 Å². The van der Waals surface area contributed by atoms with Crippen molar-refractivity contribution in [2.75, 3.05) is 13.7 Å². The van der Waals surface area contributed by atoms with Gasteiger partial charge in [-0.2, -0.15) is 0 Å². The average molecular weight is 431 g/mol. The van der Waals surface area contributed by atoms with E-state index in [1.807, 2.05) is 36.5 Å². The number of imidazole rings is 1. The molecule has 1 aromatic heterocycles. The van der Waals surface area contributed by atoms with E-state index in [9.17, 15) is 14.4 Å². The Hall–Kier alpha value is -4.32. The number of aromatic amines is 1. The Labute approximate surface area is 184 Å². The van der Waals surface area contributed by atoms with E-state index < -0.39 is 12.1 Å². The first kappa shape index (κ1) is 20.9. The highest BCUT2D eigenvalue weighted by molar-refractivity contribution is 5.98. The molecule has 2 heterocycles. The monoisotopic (exact) mass is 431 g/mol. The Bertz CT molecular complexity index is 1270. The van der Waals surface area contributed by atoms with Crippen LogP contribution in [0.25, 0.3) is 11.0 Å². The second-order valence-corrected chi connectivity index (χ2v) is 7.32. The molecule has 0 radical (unpaired) electrons. The van der Waals surface area contributed by atoms with E-state index in [-0.39, 0.29) is 18.9 Å². The van der Waals surface area contributed by atoms with Crippen LogP contribution < -0.4 is 15.4 Å². The van der Waals surface area contributed by atoms with Crippen LogP contribution in [0.2, 0.25) is 0 Å². The van der Waals surface area contributed by atoms with Crippen molar-refractivity contribution in [2.45, 2.75) is 19.5 Å². The van der Waals surface area contributed by atoms with Crippen molar-refractivity contribution in [3.05, 3.63) is 58.9 Å². The summed E-state index contributed by atoms with van der Waals surface area (Å²) in [7, 11) is 1.54. The van der Waals surface area contributed by atoms with Crippen LogP contribution in [0.1, 0.15) is 27.3 Å². The third-order valence-corrected chi connectivity index (χ3v) is 5.09. The van der Waals surface area contributed by atoms with Gasteiger partial charge in [0.05, 0.1) is 24.7 Å². The van der Waals surface area contributed by atoms with Crippen LogP contribution in [-0.2, 0) is 11.3 Å². The number of methoxy groups -OCH3 is 1. The maximum Gasteiger partial charge on any atom is 0.322 e. The summed E-state index contributed by atoms with van der Waals surface area (Å²) in [6, 6.07) is 9.52. The maximum atomic E-state index is 12.9. The number of urea groups is 1. The predicted molar refractivity (Wildman–Crippen MR) is 117 cm³/mol. The zero-order chi connectivity index (χ0) is 22.7. The number of rotatable bonds is 5. The van der Waals surface area contributed by atoms with Crippen LogP contribution in [0.3, 0.4) is 0 Å². The molecule has 2 aromatic carbocycles. The van der Waals surface area contributed by atoms with Crippen molar-refractivity contribution < 1.29 is 19.1 Å². The number of ether oxygens (including phenoxy) is 1. The number of carbonyl (C=O) groups excluding carboxylic acids is 3. The van der Waals surface area contributed by atoms with E-state index in [1.54, 1.807) is 24.1 Å². The highest BCUT2D eigenvalue weighted by Crippen LogP contribution is 2.26. The number of aromatic nitrogens is 2. The number of nitrogens with one attached hydrogen (secondary N) is 3. The molecular formula is C23H21N5O4. The van der Waals surface area contributed by atoms with Gasteiger partial charge in [-0.15, -0.1) is 0 Å². The summed E-state index contributed by atoms with van der Waals surface area (Å²) in [4.78, 5) is 44.5. The molecule has 3 aromatic rings. The molecule has 0 bridgehead atoms. The van der Waals surface area contributed by atoms with Crippen molar-refractivity contribution in [1.29, 1.82) is 0 Å². The number of aryl methyl sites for hydroxylation is 1. The molecule has 0 spiro atoms. The van der Waals surface area contributed by atoms with Crippen molar-refractivity contribution in [1.82, 2.24) is 25.5 Å². The molecule has 4 rings (SSSR count). The summed E-state index contributed by atoms with van der Waals surface area (Å²) in [5.41, 5.74) is 3.86. The van der Waals surface area contributed by atoms with Gasteiger partial charge in [-0.1, -0.05) is 17.9 Å². The molecule has 0 aliphatic carbocycles. The molecule has 9 heteroatoms. The first-order valence-electron chi connectivity index (χ1n) is 9.91. The SMILES string of the molecule is COc1ccc2c(c1)C(=O)N(C[C@@H](C#Cc1ccc3nc(C)[nH]c3c1)NC(=O)NC=O)C2. The molecule has 3 N–H and O–H groups in total. The first-order valence-corrected chi connectivity index (χ1v) is 9.91. The van der Waals surface area contributed by atoms with Gasteiger partial charge >= 0.3 is 6.03 Å². The molecule has 1 atom stereocenters. The van der Waals surface area contributed by atoms with E-state index in [0.29, 0.717) is 17.9 Å². The van der Waals surface area contributed by atoms with Gasteiger partial charge in [-0.05, 0) is 42.8 Å². The third kappa shape index (κ3) is 4.39. The van der Waals surface area contributed by atoms with E-state index >= 15 is 0 Å². The highest BCUT2D eigenvalue weighted by atomic mass is 16.5. The second-order valence-electron chi connectivity index (χ2n) is 7.32. The van der Waals surface area contributed by atoms with Crippen LogP contribution in [0, 0.1) is 18.8 Å². The fourth-order valence-electron chi connectivity index (χ4n) is 3.60. The molecule has 4 amide bonds. The zero-order valence-electron chi connectivity index (χ0n) is 17.6. The largest absolute Gasteiger partial charge is 0.497 e. The summed E-state index contributed by atoms with van der Waals surface area (Å²) < 4.78 is 5.20. The fourth-order valence-corrected chi connectivity index (χ4v) is 3.60. The molecule has 0 saturated heterocycles. The number of hydrogen-bond acceptors (Lipinski definition) is 5. The van der Waals surface area contributed by atoms with Gasteiger partial charge < -0.3 is 19.9 Å². The van der Waals surface area contributed by atoms with E-state index in [4.69, 9.17) is 4.74 Å². The van der Waals surface area contributed by atoms with Crippen molar-refractivity contribution in [2.24, 2.45) is 0 Å². The van der Waals surface area contributed by atoms with Gasteiger partial charge in [0, 0.05) is 17.7 Å². The highest BCUT2D eigenvalue weighted by Gasteiger charge is 2.29. The zero-order valence-corrected chi connectivity index (χ0v) is 17.6. The fraction of sp³-hybridized carbons (Fsp3) is 0.217. The Kier molecular flexibility index (Phi) is 5.77. The number of imide groups is 1. The van der Waals surface area contributed by atoms with Crippen LogP contribution >= 0.6 is 0 Å². The van der Waals surface area contributed by atoms with Gasteiger partial charge in [0.15, 0.2) is 0 Å². The third-order valence-electron chi connectivity index (χ3n) is 5.09. The normalized spacial score (nSPS) is 13.2. The summed E-state index contributed by atoms with van der Waals surface area (Å²) in [5.74, 6) is 7.27. The first-order chi connectivity index (χ1) is 15.5. The predicted octanol–water partition coefficient (Wildman–Crippen LogP) is 1.71. The van der Waals surface area contributed by atoms with Crippen LogP contribution in [0.15, 0.2) is 36.4 Å². The van der Waals surface area contributed by atoms with Crippen LogP contribution in [-0.4, -0.2) is 52.9 Å². The minimum absolute atomic E-state index is 0.153. The van der Waals surface area contributed by atoms with Gasteiger partial charge in [0.25, 0.3) is 5.91 Å². The number of H-pyrrole nitrogens is 1. The summed E-state index contributed by atoms with van der Waals surface area (Å²) in [6.45, 7) is 2.42. The van der Waals surface area contributed by atoms with Crippen molar-refractivity contribution >= 4 is 29.4 Å². The van der Waals surface area contributed by atoms with E-state index in [2.05, 4.69) is 27.1 Å². The molecule has 32 heavy (non-hydrogen) atoms. The average Bonchev–Trinajstić information content (AvgIpc) is 3.30. The van der Waals surface area contributed by atoms with Crippen LogP contribution in [0.5, 0.6) is 5.75 Å². The topological polar surface area (TPSA) is 116 Å². The Balaban J connectivity index is 1.55. The molecule has 9 nitrogen and oxygen atoms in total. The lowest BCUT2D eigenvalue weighted by Gasteiger charge is -2.21.